The number of nitro groups is 1. The first kappa shape index (κ1) is 19.1. The lowest BCUT2D eigenvalue weighted by atomic mass is 9.99. The minimum absolute atomic E-state index is 0.0155. The standard InChI is InChI=1S/C17H19N3O6S/c21-17(18-11-14-6-4-10-26-14)13-5-3-9-19(12-13)27(24,25)16-8-2-1-7-15(16)20(22)23/h1-2,4,6-8,10,13H,3,5,9,11-12H2,(H,18,21). The molecule has 0 spiro atoms. The number of carbonyl (C=O) groups excluding carboxylic acids is 1. The Morgan fingerprint density at radius 3 is 2.78 bits per heavy atom. The third-order valence-corrected chi connectivity index (χ3v) is 6.36. The molecule has 1 aromatic carbocycles. The molecule has 1 unspecified atom stereocenters. The Bertz CT molecular complexity index is 926. The van der Waals surface area contributed by atoms with Crippen molar-refractivity contribution in [3.05, 3.63) is 58.5 Å². The monoisotopic (exact) mass is 393 g/mol. The number of sulfonamides is 1. The van der Waals surface area contributed by atoms with Crippen molar-refractivity contribution in [3.63, 3.8) is 0 Å². The number of hydrogen-bond acceptors (Lipinski definition) is 6. The van der Waals surface area contributed by atoms with Crippen LogP contribution in [0.25, 0.3) is 0 Å². The van der Waals surface area contributed by atoms with Crippen LogP contribution in [-0.2, 0) is 21.4 Å². The molecule has 9 nitrogen and oxygen atoms in total. The zero-order valence-corrected chi connectivity index (χ0v) is 15.2. The summed E-state index contributed by atoms with van der Waals surface area (Å²) in [6.07, 6.45) is 2.55. The highest BCUT2D eigenvalue weighted by Gasteiger charge is 2.36. The first-order valence-electron chi connectivity index (χ1n) is 8.43. The molecule has 1 aliphatic rings. The highest BCUT2D eigenvalue weighted by Crippen LogP contribution is 2.29. The molecule has 27 heavy (non-hydrogen) atoms. The number of hydrogen-bond donors (Lipinski definition) is 1. The molecule has 1 atom stereocenters. The van der Waals surface area contributed by atoms with Gasteiger partial charge in [0, 0.05) is 19.2 Å². The molecule has 0 radical (unpaired) electrons. The fourth-order valence-electron chi connectivity index (χ4n) is 3.07. The van der Waals surface area contributed by atoms with Crippen molar-refractivity contribution in [2.45, 2.75) is 24.3 Å². The Labute approximate surface area is 156 Å². The first-order chi connectivity index (χ1) is 12.9. The van der Waals surface area contributed by atoms with Crippen molar-refractivity contribution < 1.29 is 22.6 Å². The molecule has 1 aliphatic heterocycles. The van der Waals surface area contributed by atoms with Crippen LogP contribution < -0.4 is 5.32 Å². The number of nitrogens with zero attached hydrogens (tertiary/aromatic N) is 2. The lowest BCUT2D eigenvalue weighted by Crippen LogP contribution is -2.45. The van der Waals surface area contributed by atoms with E-state index in [1.165, 1.54) is 24.5 Å². The van der Waals surface area contributed by atoms with E-state index in [9.17, 15) is 23.3 Å². The van der Waals surface area contributed by atoms with Gasteiger partial charge in [-0.1, -0.05) is 12.1 Å². The van der Waals surface area contributed by atoms with Gasteiger partial charge < -0.3 is 9.73 Å². The van der Waals surface area contributed by atoms with E-state index in [-0.39, 0.29) is 30.4 Å². The number of piperidine rings is 1. The second kappa shape index (κ2) is 7.89. The highest BCUT2D eigenvalue weighted by atomic mass is 32.2. The van der Waals surface area contributed by atoms with Crippen molar-refractivity contribution in [2.75, 3.05) is 13.1 Å². The van der Waals surface area contributed by atoms with E-state index in [0.717, 1.165) is 10.4 Å². The quantitative estimate of drug-likeness (QED) is 0.591. The van der Waals surface area contributed by atoms with E-state index in [4.69, 9.17) is 4.42 Å². The number of rotatable bonds is 6. The second-order valence-electron chi connectivity index (χ2n) is 6.22. The topological polar surface area (TPSA) is 123 Å². The van der Waals surface area contributed by atoms with Gasteiger partial charge in [-0.3, -0.25) is 14.9 Å². The number of amides is 1. The van der Waals surface area contributed by atoms with E-state index < -0.39 is 26.6 Å². The van der Waals surface area contributed by atoms with Gasteiger partial charge in [-0.25, -0.2) is 8.42 Å². The maximum atomic E-state index is 12.9. The number of nitrogens with one attached hydrogen (secondary N) is 1. The second-order valence-corrected chi connectivity index (χ2v) is 8.13. The molecule has 2 aromatic rings. The Morgan fingerprint density at radius 2 is 2.07 bits per heavy atom. The maximum absolute atomic E-state index is 12.9. The van der Waals surface area contributed by atoms with Crippen molar-refractivity contribution in [3.8, 4) is 0 Å². The molecule has 1 aromatic heterocycles. The number of nitro benzene ring substituents is 1. The summed E-state index contributed by atoms with van der Waals surface area (Å²) >= 11 is 0. The molecule has 2 heterocycles. The predicted octanol–water partition coefficient (Wildman–Crippen LogP) is 1.90. The molecule has 0 aliphatic carbocycles. The van der Waals surface area contributed by atoms with Crippen LogP contribution in [-0.4, -0.2) is 36.6 Å². The van der Waals surface area contributed by atoms with Crippen molar-refractivity contribution in [2.24, 2.45) is 5.92 Å². The zero-order valence-electron chi connectivity index (χ0n) is 14.4. The molecule has 1 saturated heterocycles. The summed E-state index contributed by atoms with van der Waals surface area (Å²) in [6.45, 7) is 0.425. The summed E-state index contributed by atoms with van der Waals surface area (Å²) in [7, 11) is -4.07. The van der Waals surface area contributed by atoms with Crippen LogP contribution >= 0.6 is 0 Å². The predicted molar refractivity (Wildman–Crippen MR) is 95.1 cm³/mol. The van der Waals surface area contributed by atoms with Crippen LogP contribution in [0, 0.1) is 16.0 Å². The largest absolute Gasteiger partial charge is 0.467 e. The maximum Gasteiger partial charge on any atom is 0.289 e. The van der Waals surface area contributed by atoms with Crippen molar-refractivity contribution in [1.82, 2.24) is 9.62 Å². The van der Waals surface area contributed by atoms with E-state index in [2.05, 4.69) is 5.32 Å². The van der Waals surface area contributed by atoms with Crippen LogP contribution in [0.2, 0.25) is 0 Å². The Morgan fingerprint density at radius 1 is 1.30 bits per heavy atom. The third kappa shape index (κ3) is 4.17. The van der Waals surface area contributed by atoms with Crippen LogP contribution in [0.15, 0.2) is 52.0 Å². The first-order valence-corrected chi connectivity index (χ1v) is 9.87. The van der Waals surface area contributed by atoms with Crippen LogP contribution in [0.1, 0.15) is 18.6 Å². The van der Waals surface area contributed by atoms with Gasteiger partial charge in [0.25, 0.3) is 5.69 Å². The van der Waals surface area contributed by atoms with Crippen molar-refractivity contribution >= 4 is 21.6 Å². The van der Waals surface area contributed by atoms with E-state index in [0.29, 0.717) is 18.6 Å². The third-order valence-electron chi connectivity index (χ3n) is 4.45. The minimum Gasteiger partial charge on any atom is -0.467 e. The molecule has 1 amide bonds. The molecule has 3 rings (SSSR count). The molecule has 1 fully saturated rings. The normalized spacial score (nSPS) is 18.1. The van der Waals surface area contributed by atoms with Gasteiger partial charge in [0.15, 0.2) is 4.90 Å². The fourth-order valence-corrected chi connectivity index (χ4v) is 4.75. The molecular weight excluding hydrogens is 374 g/mol. The number of furan rings is 1. The van der Waals surface area contributed by atoms with Gasteiger partial charge in [-0.15, -0.1) is 0 Å². The smallest absolute Gasteiger partial charge is 0.289 e. The fraction of sp³-hybridized carbons (Fsp3) is 0.353. The summed E-state index contributed by atoms with van der Waals surface area (Å²) in [5.41, 5.74) is -0.470. The summed E-state index contributed by atoms with van der Waals surface area (Å²) in [6, 6.07) is 8.67. The molecule has 10 heteroatoms. The minimum atomic E-state index is -4.07. The van der Waals surface area contributed by atoms with Gasteiger partial charge >= 0.3 is 0 Å². The SMILES string of the molecule is O=C(NCc1ccco1)C1CCCN(S(=O)(=O)c2ccccc2[N+](=O)[O-])C1. The average Bonchev–Trinajstić information content (AvgIpc) is 3.19. The lowest BCUT2D eigenvalue weighted by molar-refractivity contribution is -0.387. The van der Waals surface area contributed by atoms with E-state index in [1.807, 2.05) is 0 Å². The summed E-state index contributed by atoms with van der Waals surface area (Å²) < 4.78 is 32.1. The van der Waals surface area contributed by atoms with Crippen LogP contribution in [0.3, 0.4) is 0 Å². The highest BCUT2D eigenvalue weighted by molar-refractivity contribution is 7.89. The number of carbonyl (C=O) groups is 1. The Balaban J connectivity index is 1.73. The summed E-state index contributed by atoms with van der Waals surface area (Å²) in [5.74, 6) is -0.191. The summed E-state index contributed by atoms with van der Waals surface area (Å²) in [5, 5.41) is 13.9. The Kier molecular flexibility index (Phi) is 5.57. The number of benzene rings is 1. The molecular formula is C17H19N3O6S. The zero-order chi connectivity index (χ0) is 19.4. The summed E-state index contributed by atoms with van der Waals surface area (Å²) in [4.78, 5) is 22.5. The molecule has 1 N–H and O–H groups in total. The molecule has 0 bridgehead atoms. The van der Waals surface area contributed by atoms with Gasteiger partial charge in [0.05, 0.1) is 23.6 Å². The Hall–Kier alpha value is -2.72. The van der Waals surface area contributed by atoms with Crippen molar-refractivity contribution in [1.29, 1.82) is 0 Å². The van der Waals surface area contributed by atoms with Gasteiger partial charge in [0.2, 0.25) is 15.9 Å². The van der Waals surface area contributed by atoms with Gasteiger partial charge in [-0.05, 0) is 31.0 Å². The number of para-hydroxylation sites is 1. The average molecular weight is 393 g/mol. The van der Waals surface area contributed by atoms with Crippen LogP contribution in [0.5, 0.6) is 0 Å². The van der Waals surface area contributed by atoms with E-state index >= 15 is 0 Å². The lowest BCUT2D eigenvalue weighted by Gasteiger charge is -2.31. The molecule has 0 saturated carbocycles. The van der Waals surface area contributed by atoms with Gasteiger partial charge in [0.1, 0.15) is 5.76 Å². The molecule has 144 valence electrons. The van der Waals surface area contributed by atoms with E-state index in [1.54, 1.807) is 12.1 Å². The van der Waals surface area contributed by atoms with Crippen LogP contribution in [0.4, 0.5) is 5.69 Å². The van der Waals surface area contributed by atoms with Gasteiger partial charge in [-0.2, -0.15) is 4.31 Å².